The van der Waals surface area contributed by atoms with Gasteiger partial charge in [0.15, 0.2) is 55.3 Å². The van der Waals surface area contributed by atoms with Crippen LogP contribution in [0.3, 0.4) is 0 Å². The van der Waals surface area contributed by atoms with Gasteiger partial charge < -0.3 is 18.4 Å². The number of hydrogen-bond acceptors (Lipinski definition) is 15. The number of amides is 6. The number of carbonyl (C=O) groups is 6. The maximum Gasteiger partial charge on any atom is 0.762 e. The molecule has 0 unspecified atom stereocenters. The lowest BCUT2D eigenvalue weighted by Crippen LogP contribution is -3.00. The monoisotopic (exact) mass is 1870 g/mol. The third-order valence-electron chi connectivity index (χ3n) is 21.9. The molecule has 0 saturated heterocycles. The number of aryl methyl sites for hydroxylation is 6. The van der Waals surface area contributed by atoms with Crippen LogP contribution in [-0.2, 0) is 64.6 Å². The fourth-order valence-corrected chi connectivity index (χ4v) is 16.7. The Morgan fingerprint density at radius 1 is 0.366 bits per heavy atom. The highest BCUT2D eigenvalue weighted by molar-refractivity contribution is 7.86. The lowest BCUT2D eigenvalue weighted by molar-refractivity contribution is -0.696. The highest BCUT2D eigenvalue weighted by Crippen LogP contribution is 2.46. The molecule has 8 heterocycles. The van der Waals surface area contributed by atoms with Crippen LogP contribution in [0.1, 0.15) is 80.6 Å². The smallest absolute Gasteiger partial charge is 0.762 e. The predicted molar refractivity (Wildman–Crippen MR) is 496 cm³/mol. The van der Waals surface area contributed by atoms with E-state index in [1.54, 1.807) is 66.7 Å². The second kappa shape index (κ2) is 43.7. The number of hydrogen-bond donors (Lipinski definition) is 0. The highest BCUT2D eigenvalue weighted by atomic mass is 32.2. The van der Waals surface area contributed by atoms with E-state index in [1.807, 2.05) is 179 Å². The molecule has 33 heteroatoms. The first-order valence-corrected chi connectivity index (χ1v) is 45.8. The van der Waals surface area contributed by atoms with Crippen LogP contribution in [0.5, 0.6) is 0 Å². The van der Waals surface area contributed by atoms with Crippen molar-refractivity contribution < 1.29 is 113 Å². The van der Waals surface area contributed by atoms with E-state index in [9.17, 15) is 85.0 Å². The Labute approximate surface area is 769 Å². The zero-order valence-corrected chi connectivity index (χ0v) is 75.6. The van der Waals surface area contributed by atoms with Crippen molar-refractivity contribution in [3.8, 4) is 22.3 Å². The van der Waals surface area contributed by atoms with Gasteiger partial charge in [0.1, 0.15) is 50.2 Å². The van der Waals surface area contributed by atoms with E-state index in [4.69, 9.17) is 6.57 Å². The molecular formula is C101H86BF5N9O15S3+. The first-order valence-electron chi connectivity index (χ1n) is 41.2. The number of halogens is 5. The van der Waals surface area contributed by atoms with E-state index in [2.05, 4.69) is 108 Å². The molecule has 0 radical (unpaired) electrons. The Kier molecular flexibility index (Phi) is 32.4. The van der Waals surface area contributed by atoms with Crippen molar-refractivity contribution in [2.24, 2.45) is 21.1 Å². The summed E-state index contributed by atoms with van der Waals surface area (Å²) in [4.78, 5) is 81.6. The maximum atomic E-state index is 13.6. The summed E-state index contributed by atoms with van der Waals surface area (Å²) < 4.78 is 147. The van der Waals surface area contributed by atoms with Gasteiger partial charge in [-0.25, -0.2) is 52.8 Å². The number of fused-ring (bicyclic) bond motifs is 4. The summed E-state index contributed by atoms with van der Waals surface area (Å²) in [5, 5.41) is 9.72. The minimum absolute atomic E-state index is 0. The van der Waals surface area contributed by atoms with Crippen molar-refractivity contribution in [2.45, 2.75) is 37.8 Å². The zero-order chi connectivity index (χ0) is 95.8. The van der Waals surface area contributed by atoms with Gasteiger partial charge in [-0.2, -0.15) is 4.57 Å². The Morgan fingerprint density at radius 2 is 0.716 bits per heavy atom. The van der Waals surface area contributed by atoms with Gasteiger partial charge in [0, 0.05) is 172 Å². The molecule has 17 aromatic rings. The van der Waals surface area contributed by atoms with Gasteiger partial charge >= 0.3 is 7.54 Å². The largest absolute Gasteiger partial charge is 1.00 e. The fraction of sp³-hybridized carbons (Fsp3) is 0.129. The van der Waals surface area contributed by atoms with Gasteiger partial charge in [0.25, 0.3) is 35.4 Å². The van der Waals surface area contributed by atoms with Crippen molar-refractivity contribution >= 4 is 155 Å². The van der Waals surface area contributed by atoms with Crippen LogP contribution in [0, 0.1) is 19.3 Å². The Balaban J connectivity index is 0.000000151. The lowest BCUT2D eigenvalue weighted by Gasteiger charge is -2.27. The summed E-state index contributed by atoms with van der Waals surface area (Å²) in [5.74, 6) is -3.11. The second-order valence-electron chi connectivity index (χ2n) is 30.8. The van der Waals surface area contributed by atoms with E-state index in [0.717, 1.165) is 74.6 Å². The SMILES string of the molecule is CN1C(=O)c2ccc3c4ccc5c6c(ccc(c7ccc(c2c37)C1=O)c64)C(=O)N(C)C5=O.CN1C(=O)c2cccc3c(F)ccc(c23)C1=O.C[n+]1ccc(-c2ccccc2)cc1.C[n+]1cccc2ccccc21.Cc1ccc(S(=O)(=O)[O-])cc1.FB(F)F.O=S(=O)([O-])CCC[n+]1ccc(-c2ccccc2)cc1.O=S(=O)([O-])CCC[n+]1cccc2ccccc21.[C-]#[N+]c1cc[n+](C)cc1.[F-]. The van der Waals surface area contributed by atoms with Crippen molar-refractivity contribution in [2.75, 3.05) is 32.6 Å². The molecule has 5 aromatic heterocycles. The van der Waals surface area contributed by atoms with Crippen LogP contribution in [0.4, 0.5) is 23.0 Å². The molecule has 0 atom stereocenters. The lowest BCUT2D eigenvalue weighted by atomic mass is 9.82. The predicted octanol–water partition coefficient (Wildman–Crippen LogP) is 12.7. The maximum absolute atomic E-state index is 13.6. The topological polar surface area (TPSA) is 307 Å². The number of para-hydroxylation sites is 2. The Morgan fingerprint density at radius 3 is 1.13 bits per heavy atom. The summed E-state index contributed by atoms with van der Waals surface area (Å²) in [5.41, 5.74) is 11.5. The summed E-state index contributed by atoms with van der Waals surface area (Å²) in [6, 6.07) is 84.4. The van der Waals surface area contributed by atoms with Crippen molar-refractivity contribution in [3.05, 3.63) is 379 Å². The standard InChI is InChI=1S/C26H14N2O4.C14H15NO3S.C13H8FNO2.C12H13NO3S.C12H12N.C10H10N.C7H7N2.C7H8O3S.BF3.FH/c1-27-23(29)15-7-3-11-13-5-9-17-22-18(26(32)28(2)25(17)31)10-6-14(20(13)22)12-4-8-16(24(27)30)21(15)19(11)12;16-19(17,18)12-4-9-15-10-7-14(8-11-15)13-5-2-1-3-6-13;1-15-12(16)8-4-2-3-7-10(14)6-5-9(11(7)8)13(15)17;14-17(15,16)10-4-9-13-8-3-6-11-5-1-2-7-12(11)13;1-13-9-7-12(8-10-13)11-5-3-2-4-6-11;1-11-8-4-6-9-5-2-3-7-10(9)11;1-8-7-3-5-9(2)6-4-7;1-6-2-4-7(5-3-6)11(8,9)10;2-1(3)4;/h3-10H,1-2H3;1-3,5-8,10-11H,4,9,12H2;2-6H,1H3;1-3,5-8H,4,9-10H2;2-10H,1H3;2-8H,1H3;3-6H,2H3;2-5H,1H3,(H,8,9,10);;1H/q;;;;3*+1;;;/p-2. The van der Waals surface area contributed by atoms with E-state index < -0.39 is 55.5 Å². The molecule has 134 heavy (non-hydrogen) atoms. The van der Waals surface area contributed by atoms with Crippen LogP contribution in [-0.4, -0.2) is 129 Å². The first kappa shape index (κ1) is 99.4. The molecule has 3 aliphatic rings. The fourth-order valence-electron chi connectivity index (χ4n) is 15.3. The molecular weight excluding hydrogens is 1780 g/mol. The molecule has 12 aromatic carbocycles. The Hall–Kier alpha value is -15.2. The van der Waals surface area contributed by atoms with Gasteiger partial charge in [-0.3, -0.25) is 56.4 Å². The average molecular weight is 1870 g/mol. The van der Waals surface area contributed by atoms with Gasteiger partial charge in [0.05, 0.1) is 31.7 Å². The summed E-state index contributed by atoms with van der Waals surface area (Å²) in [6.07, 6.45) is 16.2. The zero-order valence-electron chi connectivity index (χ0n) is 73.2. The van der Waals surface area contributed by atoms with Gasteiger partial charge in [-0.1, -0.05) is 139 Å². The second-order valence-corrected chi connectivity index (χ2v) is 35.2. The van der Waals surface area contributed by atoms with Crippen LogP contribution in [0.25, 0.3) is 103 Å². The van der Waals surface area contributed by atoms with E-state index in [1.165, 1.54) is 67.4 Å². The number of aromatic nitrogens is 5. The van der Waals surface area contributed by atoms with E-state index in [-0.39, 0.29) is 44.7 Å². The van der Waals surface area contributed by atoms with Gasteiger partial charge in [-0.15, -0.1) is 0 Å². The molecule has 3 aliphatic heterocycles. The third-order valence-corrected chi connectivity index (χ3v) is 24.3. The number of carbonyl (C=O) groups excluding carboxylic acids is 6. The highest BCUT2D eigenvalue weighted by Gasteiger charge is 2.36. The molecule has 0 fully saturated rings. The summed E-state index contributed by atoms with van der Waals surface area (Å²) in [6.45, 7) is 9.51. The summed E-state index contributed by atoms with van der Waals surface area (Å²) in [7, 11) is -5.73. The van der Waals surface area contributed by atoms with E-state index in [0.29, 0.717) is 86.5 Å². The average Bonchev–Trinajstić information content (AvgIpc) is 0.689. The van der Waals surface area contributed by atoms with Crippen LogP contribution < -0.4 is 27.5 Å². The Bertz CT molecular complexity index is 7390. The van der Waals surface area contributed by atoms with Crippen molar-refractivity contribution in [3.63, 3.8) is 0 Å². The van der Waals surface area contributed by atoms with Crippen LogP contribution >= 0.6 is 0 Å². The summed E-state index contributed by atoms with van der Waals surface area (Å²) >= 11 is 0. The third kappa shape index (κ3) is 23.9. The van der Waals surface area contributed by atoms with Crippen LogP contribution in [0.15, 0.2) is 327 Å². The molecule has 0 N–H and O–H groups in total. The number of pyridine rings is 5. The molecule has 20 rings (SSSR count). The molecule has 24 nitrogen and oxygen atoms in total. The van der Waals surface area contributed by atoms with Gasteiger partial charge in [-0.05, 0) is 140 Å². The number of nitrogens with zero attached hydrogens (tertiary/aromatic N) is 9. The van der Waals surface area contributed by atoms with Crippen LogP contribution in [0.2, 0.25) is 0 Å². The number of imide groups is 3. The minimum atomic E-state index is -4.27. The quantitative estimate of drug-likeness (QED) is 0.0170. The molecule has 0 bridgehead atoms. The normalized spacial score (nSPS) is 12.3. The van der Waals surface area contributed by atoms with Gasteiger partial charge in [0.2, 0.25) is 11.0 Å². The molecule has 0 aliphatic carbocycles. The number of rotatable bonds is 11. The molecule has 680 valence electrons. The van der Waals surface area contributed by atoms with Crippen molar-refractivity contribution in [1.29, 1.82) is 0 Å². The minimum Gasteiger partial charge on any atom is -1.00 e. The molecule has 0 saturated carbocycles. The first-order chi connectivity index (χ1) is 63.4. The van der Waals surface area contributed by atoms with Crippen molar-refractivity contribution in [1.82, 2.24) is 14.7 Å². The van der Waals surface area contributed by atoms with E-state index >= 15 is 0 Å². The number of benzene rings is 12. The molecule has 6 amide bonds. The molecule has 0 spiro atoms.